The standard InChI is InChI=1S/C46H88NO8P/c1-6-8-10-12-14-16-18-20-21-22-23-24-25-27-28-30-32-34-36-38-45(48)52-42-44(43-54-56(50,51)53-41-40-47(3,4)5)55-46(49)39-37-35-33-31-29-26-19-17-15-13-11-9-7-2/h17,19,22-23,44H,6-16,18,20-21,24-43H2,1-5H3/p+1/b19-17-,23-22-/t44-/m1/s1. The number of rotatable bonds is 42. The number of carbonyl (C=O) groups excluding carboxylic acids is 2. The van der Waals surface area contributed by atoms with Crippen molar-refractivity contribution in [2.75, 3.05) is 47.5 Å². The molecule has 330 valence electrons. The molecule has 0 fully saturated rings. The van der Waals surface area contributed by atoms with Crippen LogP contribution in [-0.4, -0.2) is 74.9 Å². The largest absolute Gasteiger partial charge is 0.472 e. The quantitative estimate of drug-likeness (QED) is 0.0213. The van der Waals surface area contributed by atoms with Gasteiger partial charge in [0.05, 0.1) is 27.7 Å². The van der Waals surface area contributed by atoms with E-state index >= 15 is 0 Å². The highest BCUT2D eigenvalue weighted by molar-refractivity contribution is 7.47. The number of hydrogen-bond donors (Lipinski definition) is 1. The summed E-state index contributed by atoms with van der Waals surface area (Å²) in [5, 5.41) is 0. The molecule has 0 aliphatic heterocycles. The Morgan fingerprint density at radius 3 is 1.34 bits per heavy atom. The summed E-state index contributed by atoms with van der Waals surface area (Å²) in [7, 11) is 1.47. The molecule has 0 radical (unpaired) electrons. The predicted octanol–water partition coefficient (Wildman–Crippen LogP) is 13.1. The Morgan fingerprint density at radius 2 is 0.911 bits per heavy atom. The van der Waals surface area contributed by atoms with Crippen LogP contribution in [0.25, 0.3) is 0 Å². The van der Waals surface area contributed by atoms with Gasteiger partial charge < -0.3 is 18.9 Å². The van der Waals surface area contributed by atoms with Crippen LogP contribution in [0.4, 0.5) is 0 Å². The molecule has 0 aliphatic rings. The van der Waals surface area contributed by atoms with Crippen LogP contribution in [-0.2, 0) is 32.7 Å². The van der Waals surface area contributed by atoms with Gasteiger partial charge >= 0.3 is 19.8 Å². The fourth-order valence-corrected chi connectivity index (χ4v) is 7.04. The number of likely N-dealkylation sites (N-methyl/N-ethyl adjacent to an activating group) is 1. The topological polar surface area (TPSA) is 108 Å². The minimum atomic E-state index is -4.37. The molecule has 0 aromatic rings. The average molecular weight is 815 g/mol. The van der Waals surface area contributed by atoms with Crippen molar-refractivity contribution in [2.45, 2.75) is 213 Å². The van der Waals surface area contributed by atoms with Gasteiger partial charge in [-0.05, 0) is 64.2 Å². The summed E-state index contributed by atoms with van der Waals surface area (Å²) in [5.74, 6) is -0.809. The summed E-state index contributed by atoms with van der Waals surface area (Å²) in [4.78, 5) is 35.4. The molecular weight excluding hydrogens is 725 g/mol. The first-order valence-electron chi connectivity index (χ1n) is 23.1. The van der Waals surface area contributed by atoms with Crippen LogP contribution in [0.5, 0.6) is 0 Å². The molecule has 0 amide bonds. The molecule has 0 saturated heterocycles. The van der Waals surface area contributed by atoms with Crippen molar-refractivity contribution in [1.29, 1.82) is 0 Å². The fraction of sp³-hybridized carbons (Fsp3) is 0.870. The van der Waals surface area contributed by atoms with Crippen molar-refractivity contribution in [3.8, 4) is 0 Å². The zero-order valence-corrected chi connectivity index (χ0v) is 38.0. The van der Waals surface area contributed by atoms with E-state index in [4.69, 9.17) is 18.5 Å². The second kappa shape index (κ2) is 39.0. The number of carbonyl (C=O) groups is 2. The number of quaternary nitrogens is 1. The van der Waals surface area contributed by atoms with Crippen molar-refractivity contribution in [2.24, 2.45) is 0 Å². The number of phosphoric acid groups is 1. The maximum atomic E-state index is 12.7. The molecule has 10 heteroatoms. The van der Waals surface area contributed by atoms with Crippen LogP contribution in [0, 0.1) is 0 Å². The van der Waals surface area contributed by atoms with E-state index in [1.807, 2.05) is 21.1 Å². The smallest absolute Gasteiger partial charge is 0.462 e. The van der Waals surface area contributed by atoms with E-state index in [0.717, 1.165) is 51.4 Å². The highest BCUT2D eigenvalue weighted by Gasteiger charge is 2.27. The summed E-state index contributed by atoms with van der Waals surface area (Å²) in [5.41, 5.74) is 0. The van der Waals surface area contributed by atoms with Crippen molar-refractivity contribution in [3.63, 3.8) is 0 Å². The van der Waals surface area contributed by atoms with Gasteiger partial charge in [0.1, 0.15) is 19.8 Å². The first-order valence-corrected chi connectivity index (χ1v) is 24.6. The number of unbranched alkanes of at least 4 members (excludes halogenated alkanes) is 24. The van der Waals surface area contributed by atoms with E-state index in [9.17, 15) is 19.0 Å². The molecule has 56 heavy (non-hydrogen) atoms. The minimum absolute atomic E-state index is 0.0306. The second-order valence-electron chi connectivity index (χ2n) is 16.8. The van der Waals surface area contributed by atoms with Crippen molar-refractivity contribution in [3.05, 3.63) is 24.3 Å². The van der Waals surface area contributed by atoms with E-state index in [2.05, 4.69) is 38.2 Å². The van der Waals surface area contributed by atoms with Gasteiger partial charge in [-0.1, -0.05) is 154 Å². The predicted molar refractivity (Wildman–Crippen MR) is 234 cm³/mol. The van der Waals surface area contributed by atoms with Gasteiger partial charge in [0.2, 0.25) is 0 Å². The van der Waals surface area contributed by atoms with Gasteiger partial charge in [-0.15, -0.1) is 0 Å². The van der Waals surface area contributed by atoms with Crippen molar-refractivity contribution < 1.29 is 42.1 Å². The third-order valence-corrected chi connectivity index (χ3v) is 10.9. The highest BCUT2D eigenvalue weighted by atomic mass is 31.2. The highest BCUT2D eigenvalue weighted by Crippen LogP contribution is 2.43. The molecule has 0 spiro atoms. The monoisotopic (exact) mass is 815 g/mol. The van der Waals surface area contributed by atoms with Crippen molar-refractivity contribution >= 4 is 19.8 Å². The van der Waals surface area contributed by atoms with Gasteiger partial charge in [0.25, 0.3) is 0 Å². The SMILES string of the molecule is CCCCCC/C=C\CCCCCCCC(=O)O[C@H](COC(=O)CCCCCCCCC/C=C\CCCCCCCCCC)COP(=O)(O)OCC[N+](C)(C)C. The summed E-state index contributed by atoms with van der Waals surface area (Å²) in [6.45, 7) is 4.40. The van der Waals surface area contributed by atoms with Crippen molar-refractivity contribution in [1.82, 2.24) is 0 Å². The minimum Gasteiger partial charge on any atom is -0.462 e. The summed E-state index contributed by atoms with van der Waals surface area (Å²) < 4.78 is 34.3. The van der Waals surface area contributed by atoms with Crippen LogP contribution in [0.3, 0.4) is 0 Å². The number of esters is 2. The number of phosphoric ester groups is 1. The zero-order chi connectivity index (χ0) is 41.4. The maximum Gasteiger partial charge on any atom is 0.472 e. The lowest BCUT2D eigenvalue weighted by Gasteiger charge is -2.24. The third-order valence-electron chi connectivity index (χ3n) is 9.95. The fourth-order valence-electron chi connectivity index (χ4n) is 6.30. The normalized spacial score (nSPS) is 13.8. The van der Waals surface area contributed by atoms with E-state index in [-0.39, 0.29) is 32.0 Å². The molecule has 1 unspecified atom stereocenters. The van der Waals surface area contributed by atoms with Gasteiger partial charge in [-0.2, -0.15) is 0 Å². The Hall–Kier alpha value is -1.51. The molecule has 0 saturated carbocycles. The lowest BCUT2D eigenvalue weighted by molar-refractivity contribution is -0.870. The molecule has 0 aliphatic carbocycles. The van der Waals surface area contributed by atoms with Gasteiger partial charge in [-0.25, -0.2) is 4.57 Å². The van der Waals surface area contributed by atoms with Gasteiger partial charge in [0.15, 0.2) is 6.10 Å². The van der Waals surface area contributed by atoms with E-state index in [1.165, 1.54) is 122 Å². The Labute approximate surface area is 345 Å². The maximum absolute atomic E-state index is 12.7. The van der Waals surface area contributed by atoms with Crippen LogP contribution < -0.4 is 0 Å². The third kappa shape index (κ3) is 42.1. The Kier molecular flexibility index (Phi) is 37.9. The zero-order valence-electron chi connectivity index (χ0n) is 37.1. The molecule has 1 N–H and O–H groups in total. The lowest BCUT2D eigenvalue weighted by atomic mass is 10.1. The summed E-state index contributed by atoms with van der Waals surface area (Å²) in [6, 6.07) is 0. The second-order valence-corrected chi connectivity index (χ2v) is 18.2. The summed E-state index contributed by atoms with van der Waals surface area (Å²) >= 11 is 0. The molecule has 0 heterocycles. The molecule has 2 atom stereocenters. The van der Waals surface area contributed by atoms with Crippen LogP contribution in [0.1, 0.15) is 206 Å². The Morgan fingerprint density at radius 1 is 0.536 bits per heavy atom. The van der Waals surface area contributed by atoms with Crippen LogP contribution in [0.2, 0.25) is 0 Å². The molecular formula is C46H89NO8P+. The van der Waals surface area contributed by atoms with Crippen LogP contribution >= 0.6 is 7.82 Å². The molecule has 0 rings (SSSR count). The van der Waals surface area contributed by atoms with E-state index in [1.54, 1.807) is 0 Å². The number of allylic oxidation sites excluding steroid dienone is 4. The van der Waals surface area contributed by atoms with Crippen LogP contribution in [0.15, 0.2) is 24.3 Å². The first kappa shape index (κ1) is 54.5. The average Bonchev–Trinajstić information content (AvgIpc) is 3.15. The van der Waals surface area contributed by atoms with Gasteiger partial charge in [0, 0.05) is 12.8 Å². The number of hydrogen-bond acceptors (Lipinski definition) is 7. The van der Waals surface area contributed by atoms with Gasteiger partial charge in [-0.3, -0.25) is 18.6 Å². The Bertz CT molecular complexity index is 1010. The molecule has 9 nitrogen and oxygen atoms in total. The molecule has 0 bridgehead atoms. The number of nitrogens with zero attached hydrogens (tertiary/aromatic N) is 1. The van der Waals surface area contributed by atoms with E-state index < -0.39 is 26.5 Å². The molecule has 0 aromatic carbocycles. The lowest BCUT2D eigenvalue weighted by Crippen LogP contribution is -2.37. The Balaban J connectivity index is 4.30. The van der Waals surface area contributed by atoms with E-state index in [0.29, 0.717) is 17.4 Å². The number of ether oxygens (including phenoxy) is 2. The summed E-state index contributed by atoms with van der Waals surface area (Å²) in [6.07, 6.45) is 42.2. The first-order chi connectivity index (χ1) is 27.0. The molecule has 0 aromatic heterocycles.